The van der Waals surface area contributed by atoms with Crippen molar-refractivity contribution in [2.75, 3.05) is 37.6 Å². The van der Waals surface area contributed by atoms with Gasteiger partial charge in [0.1, 0.15) is 0 Å². The van der Waals surface area contributed by atoms with Gasteiger partial charge >= 0.3 is 6.18 Å². The lowest BCUT2D eigenvalue weighted by atomic mass is 9.84. The maximum atomic E-state index is 13.1. The monoisotopic (exact) mass is 464 g/mol. The molecule has 2 aliphatic rings. The lowest BCUT2D eigenvalue weighted by Gasteiger charge is -2.38. The number of hydrogen-bond acceptors (Lipinski definition) is 4. The molecule has 5 nitrogen and oxygen atoms in total. The van der Waals surface area contributed by atoms with Crippen LogP contribution in [0.5, 0.6) is 0 Å². The highest BCUT2D eigenvalue weighted by Gasteiger charge is 2.32. The SMILES string of the molecule is Cc1ccc(C(F)(F)F)cc1N1CCN(CCC2CCC(NC(=O)CCCC#N)CC2)CC1. The first kappa shape index (κ1) is 25.4. The van der Waals surface area contributed by atoms with Gasteiger partial charge in [0.25, 0.3) is 0 Å². The highest BCUT2D eigenvalue weighted by molar-refractivity contribution is 5.76. The van der Waals surface area contributed by atoms with Crippen LogP contribution in [0.4, 0.5) is 18.9 Å². The molecule has 0 spiro atoms. The van der Waals surface area contributed by atoms with E-state index in [0.717, 1.165) is 76.5 Å². The molecule has 1 aromatic carbocycles. The number of benzene rings is 1. The summed E-state index contributed by atoms with van der Waals surface area (Å²) in [4.78, 5) is 16.4. The lowest BCUT2D eigenvalue weighted by Crippen LogP contribution is -2.47. The molecular weight excluding hydrogens is 429 g/mol. The predicted octanol–water partition coefficient (Wildman–Crippen LogP) is 4.89. The standard InChI is InChI=1S/C25H35F3N4O/c1-19-5-8-21(25(26,27)28)18-23(19)32-16-14-31(15-17-32)13-11-20-6-9-22(10-7-20)30-24(33)4-2-3-12-29/h5,8,18,20,22H,2-4,6-7,9-11,13-17H2,1H3,(H,30,33). The molecule has 1 aromatic rings. The van der Waals surface area contributed by atoms with E-state index in [1.807, 2.05) is 6.92 Å². The number of piperazine rings is 1. The summed E-state index contributed by atoms with van der Waals surface area (Å²) in [6.07, 6.45) is 2.55. The second-order valence-corrected chi connectivity index (χ2v) is 9.41. The van der Waals surface area contributed by atoms with Crippen LogP contribution in [0.15, 0.2) is 18.2 Å². The summed E-state index contributed by atoms with van der Waals surface area (Å²) in [5.41, 5.74) is 0.988. The Labute approximate surface area is 194 Å². The van der Waals surface area contributed by atoms with Gasteiger partial charge in [0.2, 0.25) is 5.91 Å². The highest BCUT2D eigenvalue weighted by atomic mass is 19.4. The minimum atomic E-state index is -4.32. The molecule has 1 aliphatic heterocycles. The predicted molar refractivity (Wildman–Crippen MR) is 123 cm³/mol. The van der Waals surface area contributed by atoms with E-state index in [0.29, 0.717) is 30.9 Å². The molecule has 0 unspecified atom stereocenters. The number of nitrogens with zero attached hydrogens (tertiary/aromatic N) is 3. The zero-order valence-corrected chi connectivity index (χ0v) is 19.5. The molecule has 1 N–H and O–H groups in total. The van der Waals surface area contributed by atoms with Crippen molar-refractivity contribution in [2.24, 2.45) is 5.92 Å². The lowest BCUT2D eigenvalue weighted by molar-refractivity contribution is -0.137. The van der Waals surface area contributed by atoms with Crippen molar-refractivity contribution in [1.82, 2.24) is 10.2 Å². The van der Waals surface area contributed by atoms with Crippen LogP contribution in [0.1, 0.15) is 62.5 Å². The maximum absolute atomic E-state index is 13.1. The first-order chi connectivity index (χ1) is 15.8. The number of rotatable bonds is 8. The highest BCUT2D eigenvalue weighted by Crippen LogP contribution is 2.34. The van der Waals surface area contributed by atoms with E-state index in [4.69, 9.17) is 5.26 Å². The fraction of sp³-hybridized carbons (Fsp3) is 0.680. The van der Waals surface area contributed by atoms with Crippen molar-refractivity contribution in [2.45, 2.75) is 70.5 Å². The zero-order chi connectivity index (χ0) is 23.8. The second kappa shape index (κ2) is 11.7. The fourth-order valence-corrected chi connectivity index (χ4v) is 4.93. The molecule has 0 radical (unpaired) electrons. The summed E-state index contributed by atoms with van der Waals surface area (Å²) >= 11 is 0. The van der Waals surface area contributed by atoms with Gasteiger partial charge in [0, 0.05) is 50.7 Å². The average Bonchev–Trinajstić information content (AvgIpc) is 2.79. The van der Waals surface area contributed by atoms with E-state index < -0.39 is 11.7 Å². The van der Waals surface area contributed by atoms with E-state index in [9.17, 15) is 18.0 Å². The summed E-state index contributed by atoms with van der Waals surface area (Å²) in [6.45, 7) is 6.10. The fourth-order valence-electron chi connectivity index (χ4n) is 4.93. The van der Waals surface area contributed by atoms with Crippen LogP contribution < -0.4 is 10.2 Å². The zero-order valence-electron chi connectivity index (χ0n) is 19.5. The van der Waals surface area contributed by atoms with Gasteiger partial charge in [-0.1, -0.05) is 6.07 Å². The van der Waals surface area contributed by atoms with Crippen molar-refractivity contribution < 1.29 is 18.0 Å². The summed E-state index contributed by atoms with van der Waals surface area (Å²) in [5.74, 6) is 0.725. The molecule has 1 amide bonds. The number of aryl methyl sites for hydroxylation is 1. The number of amides is 1. The van der Waals surface area contributed by atoms with Crippen LogP contribution in [-0.4, -0.2) is 49.6 Å². The number of alkyl halides is 3. The number of halogens is 3. The minimum absolute atomic E-state index is 0.0579. The molecule has 3 rings (SSSR count). The van der Waals surface area contributed by atoms with E-state index in [1.165, 1.54) is 6.07 Å². The summed E-state index contributed by atoms with van der Waals surface area (Å²) in [7, 11) is 0. The molecule has 1 saturated heterocycles. The van der Waals surface area contributed by atoms with Gasteiger partial charge in [-0.3, -0.25) is 9.69 Å². The Hall–Kier alpha value is -2.27. The molecule has 1 aliphatic carbocycles. The van der Waals surface area contributed by atoms with E-state index in [2.05, 4.69) is 21.2 Å². The van der Waals surface area contributed by atoms with Gasteiger partial charge in [-0.05, 0) is 75.6 Å². The van der Waals surface area contributed by atoms with Crippen molar-refractivity contribution in [1.29, 1.82) is 5.26 Å². The van der Waals surface area contributed by atoms with Crippen LogP contribution in [0.2, 0.25) is 0 Å². The molecule has 2 fully saturated rings. The topological polar surface area (TPSA) is 59.4 Å². The Balaban J connectivity index is 1.36. The smallest absolute Gasteiger partial charge is 0.369 e. The quantitative estimate of drug-likeness (QED) is 0.557. The van der Waals surface area contributed by atoms with Gasteiger partial charge in [0.15, 0.2) is 0 Å². The Morgan fingerprint density at radius 2 is 1.85 bits per heavy atom. The molecule has 1 saturated carbocycles. The van der Waals surface area contributed by atoms with Gasteiger partial charge in [-0.15, -0.1) is 0 Å². The minimum Gasteiger partial charge on any atom is -0.369 e. The number of hydrogen-bond donors (Lipinski definition) is 1. The van der Waals surface area contributed by atoms with E-state index in [-0.39, 0.29) is 11.9 Å². The van der Waals surface area contributed by atoms with Crippen molar-refractivity contribution in [3.63, 3.8) is 0 Å². The van der Waals surface area contributed by atoms with E-state index in [1.54, 1.807) is 6.07 Å². The molecule has 1 heterocycles. The third-order valence-corrected chi connectivity index (χ3v) is 7.01. The number of carbonyl (C=O) groups is 1. The summed E-state index contributed by atoms with van der Waals surface area (Å²) in [6, 6.07) is 6.33. The molecular formula is C25H35F3N4O. The van der Waals surface area contributed by atoms with Crippen molar-refractivity contribution >= 4 is 11.6 Å². The van der Waals surface area contributed by atoms with Crippen LogP contribution >= 0.6 is 0 Å². The number of unbranched alkanes of at least 4 members (excludes halogenated alkanes) is 1. The van der Waals surface area contributed by atoms with Gasteiger partial charge in [0.05, 0.1) is 11.6 Å². The number of nitrogens with one attached hydrogen (secondary N) is 1. The van der Waals surface area contributed by atoms with E-state index >= 15 is 0 Å². The Morgan fingerprint density at radius 3 is 2.48 bits per heavy atom. The van der Waals surface area contributed by atoms with Crippen molar-refractivity contribution in [3.8, 4) is 6.07 Å². The normalized spacial score (nSPS) is 22.1. The summed E-state index contributed by atoms with van der Waals surface area (Å²) in [5, 5.41) is 11.7. The number of carbonyl (C=O) groups excluding carboxylic acids is 1. The number of anilines is 1. The third kappa shape index (κ3) is 7.63. The molecule has 182 valence electrons. The average molecular weight is 465 g/mol. The van der Waals surface area contributed by atoms with Gasteiger partial charge in [-0.25, -0.2) is 0 Å². The molecule has 33 heavy (non-hydrogen) atoms. The third-order valence-electron chi connectivity index (χ3n) is 7.01. The van der Waals surface area contributed by atoms with Gasteiger partial charge in [-0.2, -0.15) is 18.4 Å². The molecule has 0 atom stereocenters. The number of nitriles is 1. The first-order valence-corrected chi connectivity index (χ1v) is 12.1. The maximum Gasteiger partial charge on any atom is 0.416 e. The van der Waals surface area contributed by atoms with Crippen LogP contribution in [-0.2, 0) is 11.0 Å². The Morgan fingerprint density at radius 1 is 1.15 bits per heavy atom. The second-order valence-electron chi connectivity index (χ2n) is 9.41. The van der Waals surface area contributed by atoms with Crippen molar-refractivity contribution in [3.05, 3.63) is 29.3 Å². The molecule has 8 heteroatoms. The molecule has 0 aromatic heterocycles. The van der Waals surface area contributed by atoms with Crippen LogP contribution in [0.3, 0.4) is 0 Å². The van der Waals surface area contributed by atoms with Crippen LogP contribution in [0.25, 0.3) is 0 Å². The Kier molecular flexibility index (Phi) is 9.02. The first-order valence-electron chi connectivity index (χ1n) is 12.1. The Bertz CT molecular complexity index is 820. The van der Waals surface area contributed by atoms with Gasteiger partial charge < -0.3 is 10.2 Å². The molecule has 0 bridgehead atoms. The van der Waals surface area contributed by atoms with Crippen LogP contribution in [0, 0.1) is 24.2 Å². The summed E-state index contributed by atoms with van der Waals surface area (Å²) < 4.78 is 39.3. The largest absolute Gasteiger partial charge is 0.416 e.